The third-order valence-electron chi connectivity index (χ3n) is 11.6. The lowest BCUT2D eigenvalue weighted by molar-refractivity contribution is -0.276. The van der Waals surface area contributed by atoms with Gasteiger partial charge in [0.25, 0.3) is 5.91 Å². The first-order chi connectivity index (χ1) is 30.3. The number of nitrogens with zero attached hydrogens (tertiary/aromatic N) is 2. The molecule has 6 aromatic carbocycles. The van der Waals surface area contributed by atoms with Gasteiger partial charge in [-0.2, -0.15) is 0 Å². The van der Waals surface area contributed by atoms with Crippen molar-refractivity contribution in [3.63, 3.8) is 0 Å². The molecule has 0 saturated carbocycles. The van der Waals surface area contributed by atoms with Gasteiger partial charge >= 0.3 is 6.09 Å². The number of benzene rings is 6. The lowest BCUT2D eigenvalue weighted by Crippen LogP contribution is -2.44. The van der Waals surface area contributed by atoms with E-state index >= 15 is 0 Å². The number of alkyl carbamates (subject to hydrolysis) is 1. The largest absolute Gasteiger partial charge is 0.445 e. The van der Waals surface area contributed by atoms with Crippen molar-refractivity contribution >= 4 is 17.9 Å². The molecule has 0 radical (unpaired) electrons. The van der Waals surface area contributed by atoms with E-state index in [1.54, 1.807) is 0 Å². The molecule has 62 heavy (non-hydrogen) atoms. The molecule has 6 aromatic rings. The summed E-state index contributed by atoms with van der Waals surface area (Å²) >= 11 is 0. The molecule has 2 aliphatic rings. The SMILES string of the molecule is CC1C(CN(Cc2ccccc2)Cc2ccccc2)OC(c2ccc(-c3ccccc3CN3C(=O)CC(NC(=O)OCc4ccccc4)C3=O)cc2)OC1c1ccc(CO)cc1. The first kappa shape index (κ1) is 42.3. The van der Waals surface area contributed by atoms with Crippen molar-refractivity contribution in [3.8, 4) is 11.1 Å². The molecule has 10 heteroatoms. The van der Waals surface area contributed by atoms with Crippen LogP contribution in [0.25, 0.3) is 11.1 Å². The van der Waals surface area contributed by atoms with Gasteiger partial charge in [-0.1, -0.05) is 171 Å². The van der Waals surface area contributed by atoms with Crippen LogP contribution in [0.5, 0.6) is 0 Å². The summed E-state index contributed by atoms with van der Waals surface area (Å²) in [6.45, 7) is 4.43. The van der Waals surface area contributed by atoms with E-state index in [2.05, 4.69) is 65.7 Å². The van der Waals surface area contributed by atoms with Crippen LogP contribution >= 0.6 is 0 Å². The van der Waals surface area contributed by atoms with Crippen molar-refractivity contribution in [1.29, 1.82) is 0 Å². The minimum atomic E-state index is -1.00. The highest BCUT2D eigenvalue weighted by atomic mass is 16.7. The maximum atomic E-state index is 13.5. The average Bonchev–Trinajstić information content (AvgIpc) is 3.57. The second-order valence-electron chi connectivity index (χ2n) is 16.0. The van der Waals surface area contributed by atoms with Crippen LogP contribution in [0.3, 0.4) is 0 Å². The van der Waals surface area contributed by atoms with Crippen molar-refractivity contribution in [2.24, 2.45) is 5.92 Å². The lowest BCUT2D eigenvalue weighted by Gasteiger charge is -2.43. The van der Waals surface area contributed by atoms with Gasteiger partial charge in [0, 0.05) is 31.1 Å². The molecule has 316 valence electrons. The summed E-state index contributed by atoms with van der Waals surface area (Å²) < 4.78 is 19.1. The van der Waals surface area contributed by atoms with Crippen LogP contribution in [-0.2, 0) is 56.6 Å². The fourth-order valence-electron chi connectivity index (χ4n) is 8.25. The van der Waals surface area contributed by atoms with Gasteiger partial charge in [0.2, 0.25) is 5.91 Å². The summed E-state index contributed by atoms with van der Waals surface area (Å²) in [6, 6.07) is 52.9. The van der Waals surface area contributed by atoms with E-state index < -0.39 is 24.3 Å². The number of nitrogens with one attached hydrogen (secondary N) is 1. The number of imide groups is 1. The molecule has 2 heterocycles. The molecule has 5 atom stereocenters. The molecule has 3 amide bonds. The number of ether oxygens (including phenoxy) is 3. The third kappa shape index (κ3) is 10.4. The first-order valence-electron chi connectivity index (χ1n) is 21.1. The normalized spacial score (nSPS) is 20.0. The lowest BCUT2D eigenvalue weighted by atomic mass is 9.89. The van der Waals surface area contributed by atoms with Crippen LogP contribution in [0.2, 0.25) is 0 Å². The maximum absolute atomic E-state index is 13.5. The molecule has 0 aliphatic carbocycles. The number of hydrogen-bond donors (Lipinski definition) is 2. The van der Waals surface area contributed by atoms with Gasteiger partial charge in [-0.25, -0.2) is 4.79 Å². The fraction of sp³-hybridized carbons (Fsp3) is 0.250. The van der Waals surface area contributed by atoms with Crippen LogP contribution in [0.4, 0.5) is 4.79 Å². The Morgan fingerprint density at radius 2 is 1.29 bits per heavy atom. The molecule has 0 bridgehead atoms. The van der Waals surface area contributed by atoms with Gasteiger partial charge in [0.15, 0.2) is 6.29 Å². The van der Waals surface area contributed by atoms with Gasteiger partial charge in [-0.3, -0.25) is 19.4 Å². The van der Waals surface area contributed by atoms with E-state index in [1.807, 2.05) is 115 Å². The summed E-state index contributed by atoms with van der Waals surface area (Å²) in [4.78, 5) is 42.8. The van der Waals surface area contributed by atoms with E-state index in [0.29, 0.717) is 6.54 Å². The molecule has 0 spiro atoms. The minimum Gasteiger partial charge on any atom is -0.445 e. The van der Waals surface area contributed by atoms with Crippen LogP contribution in [0.15, 0.2) is 164 Å². The van der Waals surface area contributed by atoms with Gasteiger partial charge < -0.3 is 24.6 Å². The Bertz CT molecular complexity index is 2370. The summed E-state index contributed by atoms with van der Waals surface area (Å²) in [7, 11) is 0. The van der Waals surface area contributed by atoms with Crippen molar-refractivity contribution in [3.05, 3.63) is 203 Å². The Hall–Kier alpha value is -6.43. The highest BCUT2D eigenvalue weighted by Crippen LogP contribution is 2.42. The van der Waals surface area contributed by atoms with E-state index in [4.69, 9.17) is 14.2 Å². The van der Waals surface area contributed by atoms with Gasteiger partial charge in [0.1, 0.15) is 12.6 Å². The Labute approximate surface area is 362 Å². The standard InChI is InChI=1S/C52H51N3O7/c1-36-47(33-54(30-37-13-5-2-6-14-37)31-38-15-7-3-8-16-38)61-51(62-49(36)42-23-21-39(34-56)22-24-42)43-27-25-41(26-28-43)45-20-12-11-19-44(45)32-55-48(57)29-46(50(55)58)53-52(59)60-35-40-17-9-4-10-18-40/h2-28,36,46-47,49,51,56H,29-35H2,1H3,(H,53,59). The number of carbonyl (C=O) groups excluding carboxylic acids is 3. The Morgan fingerprint density at radius 3 is 1.92 bits per heavy atom. The molecular weight excluding hydrogens is 779 g/mol. The molecule has 2 N–H and O–H groups in total. The first-order valence-corrected chi connectivity index (χ1v) is 21.1. The number of aliphatic hydroxyl groups is 1. The van der Waals surface area contributed by atoms with Gasteiger partial charge in [-0.05, 0) is 44.5 Å². The van der Waals surface area contributed by atoms with Crippen LogP contribution in [0.1, 0.15) is 64.7 Å². The van der Waals surface area contributed by atoms with E-state index in [1.165, 1.54) is 16.0 Å². The minimum absolute atomic E-state index is 0.00263. The summed E-state index contributed by atoms with van der Waals surface area (Å²) in [5.41, 5.74) is 8.53. The molecule has 5 unspecified atom stereocenters. The summed E-state index contributed by atoms with van der Waals surface area (Å²) in [5, 5.41) is 12.3. The van der Waals surface area contributed by atoms with Crippen molar-refractivity contribution in [2.75, 3.05) is 6.54 Å². The van der Waals surface area contributed by atoms with Crippen LogP contribution in [0, 0.1) is 5.92 Å². The van der Waals surface area contributed by atoms with E-state index in [9.17, 15) is 19.5 Å². The van der Waals surface area contributed by atoms with Gasteiger partial charge in [-0.15, -0.1) is 0 Å². The number of aliphatic hydroxyl groups excluding tert-OH is 1. The number of hydrogen-bond acceptors (Lipinski definition) is 8. The monoisotopic (exact) mass is 829 g/mol. The summed E-state index contributed by atoms with van der Waals surface area (Å²) in [5.74, 6) is -0.841. The van der Waals surface area contributed by atoms with Crippen LogP contribution in [-0.4, -0.2) is 51.5 Å². The van der Waals surface area contributed by atoms with E-state index in [0.717, 1.165) is 52.0 Å². The molecule has 2 aliphatic heterocycles. The molecule has 2 saturated heterocycles. The number of carbonyl (C=O) groups is 3. The summed E-state index contributed by atoms with van der Waals surface area (Å²) in [6.07, 6.45) is -2.02. The van der Waals surface area contributed by atoms with Crippen molar-refractivity contribution in [2.45, 2.75) is 70.7 Å². The topological polar surface area (TPSA) is 118 Å². The molecule has 10 nitrogen and oxygen atoms in total. The maximum Gasteiger partial charge on any atom is 0.408 e. The zero-order valence-corrected chi connectivity index (χ0v) is 34.7. The Balaban J connectivity index is 0.994. The Kier molecular flexibility index (Phi) is 13.6. The number of amides is 3. The predicted molar refractivity (Wildman–Crippen MR) is 236 cm³/mol. The molecule has 8 rings (SSSR count). The number of rotatable bonds is 15. The van der Waals surface area contributed by atoms with Gasteiger partial charge in [0.05, 0.1) is 31.8 Å². The smallest absolute Gasteiger partial charge is 0.408 e. The predicted octanol–water partition coefficient (Wildman–Crippen LogP) is 8.89. The second kappa shape index (κ2) is 20.0. The van der Waals surface area contributed by atoms with Crippen molar-refractivity contribution < 1.29 is 33.7 Å². The second-order valence-corrected chi connectivity index (χ2v) is 16.0. The highest BCUT2D eigenvalue weighted by Gasteiger charge is 2.41. The zero-order chi connectivity index (χ0) is 42.8. The Morgan fingerprint density at radius 1 is 0.710 bits per heavy atom. The molecule has 2 fully saturated rings. The fourth-order valence-corrected chi connectivity index (χ4v) is 8.25. The average molecular weight is 830 g/mol. The quantitative estimate of drug-likeness (QED) is 0.0987. The molecular formula is C52H51N3O7. The zero-order valence-electron chi connectivity index (χ0n) is 34.7. The molecule has 0 aromatic heterocycles. The van der Waals surface area contributed by atoms with E-state index in [-0.39, 0.29) is 50.2 Å². The third-order valence-corrected chi connectivity index (χ3v) is 11.6. The highest BCUT2D eigenvalue weighted by molar-refractivity contribution is 6.06. The van der Waals surface area contributed by atoms with Crippen LogP contribution < -0.4 is 5.32 Å². The van der Waals surface area contributed by atoms with Crippen molar-refractivity contribution in [1.82, 2.24) is 15.1 Å². The number of likely N-dealkylation sites (tertiary alicyclic amines) is 1.